The summed E-state index contributed by atoms with van der Waals surface area (Å²) >= 11 is 2.74. The van der Waals surface area contributed by atoms with Gasteiger partial charge in [-0.1, -0.05) is 66.7 Å². The molecule has 5 aromatic carbocycles. The molecule has 0 radical (unpaired) electrons. The first-order chi connectivity index (χ1) is 16.1. The Balaban J connectivity index is 1.82. The summed E-state index contributed by atoms with van der Waals surface area (Å²) in [4.78, 5) is 0.867. The van der Waals surface area contributed by atoms with Gasteiger partial charge >= 0.3 is 0 Å². The zero-order chi connectivity index (χ0) is 22.3. The molecule has 0 saturated heterocycles. The molecule has 33 heavy (non-hydrogen) atoms. The van der Waals surface area contributed by atoms with Crippen molar-refractivity contribution in [1.82, 2.24) is 4.40 Å². The van der Waals surface area contributed by atoms with E-state index in [0.29, 0.717) is 0 Å². The number of nitrogens with zero attached hydrogens (tertiary/aromatic N) is 1. The van der Waals surface area contributed by atoms with Crippen LogP contribution in [0.2, 0.25) is 0 Å². The highest BCUT2D eigenvalue weighted by molar-refractivity contribution is 9.10. The molecule has 0 saturated carbocycles. The Morgan fingerprint density at radius 1 is 0.667 bits per heavy atom. The number of para-hydroxylation sites is 2. The first-order valence-electron chi connectivity index (χ1n) is 10.9. The highest BCUT2D eigenvalue weighted by Crippen LogP contribution is 2.46. The molecule has 0 spiro atoms. The van der Waals surface area contributed by atoms with Gasteiger partial charge in [0, 0.05) is 37.0 Å². The molecule has 7 rings (SSSR count). The standard InChI is InChI=1S/C29H18BrNOS/c1-33(32)25-12-5-3-7-18(25)19-15-13-17-14-16-21-20-9-6-10-23(30)28(20)31-24-11-4-2-8-22(24)27(19)26(17)29(21)31/h2-16H,1H3. The van der Waals surface area contributed by atoms with E-state index in [2.05, 4.69) is 93.1 Å². The molecular weight excluding hydrogens is 490 g/mol. The normalized spacial score (nSPS) is 13.2. The van der Waals surface area contributed by atoms with Crippen molar-refractivity contribution in [3.63, 3.8) is 0 Å². The summed E-state index contributed by atoms with van der Waals surface area (Å²) in [6.07, 6.45) is 1.76. The van der Waals surface area contributed by atoms with Gasteiger partial charge in [0.2, 0.25) is 0 Å². The number of benzene rings is 5. The van der Waals surface area contributed by atoms with Crippen LogP contribution in [0.25, 0.3) is 60.0 Å². The van der Waals surface area contributed by atoms with Gasteiger partial charge in [0.15, 0.2) is 4.90 Å². The predicted molar refractivity (Wildman–Crippen MR) is 144 cm³/mol. The lowest BCUT2D eigenvalue weighted by Crippen LogP contribution is -2.01. The first kappa shape index (κ1) is 19.4. The Hall–Kier alpha value is -3.05. The van der Waals surface area contributed by atoms with Crippen LogP contribution in [0.4, 0.5) is 0 Å². The molecule has 4 heteroatoms. The van der Waals surface area contributed by atoms with Crippen molar-refractivity contribution in [2.75, 3.05) is 6.26 Å². The maximum atomic E-state index is 12.6. The van der Waals surface area contributed by atoms with E-state index in [1.54, 1.807) is 6.26 Å². The van der Waals surface area contributed by atoms with Gasteiger partial charge in [0.05, 0.1) is 16.6 Å². The van der Waals surface area contributed by atoms with E-state index in [-0.39, 0.29) is 0 Å². The van der Waals surface area contributed by atoms with Gasteiger partial charge in [-0.2, -0.15) is 0 Å². The molecule has 7 aromatic rings. The third-order valence-electron chi connectivity index (χ3n) is 6.78. The Morgan fingerprint density at radius 3 is 2.27 bits per heavy atom. The molecule has 0 N–H and O–H groups in total. The van der Waals surface area contributed by atoms with Crippen LogP contribution in [-0.4, -0.2) is 15.2 Å². The van der Waals surface area contributed by atoms with Crippen LogP contribution in [0.5, 0.6) is 0 Å². The average Bonchev–Trinajstić information content (AvgIpc) is 3.20. The Bertz CT molecular complexity index is 1870. The highest BCUT2D eigenvalue weighted by atomic mass is 79.9. The van der Waals surface area contributed by atoms with Gasteiger partial charge in [-0.15, -0.1) is 0 Å². The quantitative estimate of drug-likeness (QED) is 0.132. The number of hydrogen-bond acceptors (Lipinski definition) is 1. The van der Waals surface area contributed by atoms with Crippen LogP contribution in [0, 0.1) is 0 Å². The molecule has 0 aliphatic rings. The molecule has 0 aliphatic carbocycles. The molecule has 1 unspecified atom stereocenters. The van der Waals surface area contributed by atoms with Gasteiger partial charge in [-0.25, -0.2) is 0 Å². The summed E-state index contributed by atoms with van der Waals surface area (Å²) in [6, 6.07) is 32.0. The molecular formula is C29H18BrNOS. The summed E-state index contributed by atoms with van der Waals surface area (Å²) in [5.41, 5.74) is 5.77. The third kappa shape index (κ3) is 2.54. The molecule has 158 valence electrons. The Kier molecular flexibility index (Phi) is 4.10. The lowest BCUT2D eigenvalue weighted by molar-refractivity contribution is 0.601. The van der Waals surface area contributed by atoms with Crippen molar-refractivity contribution in [3.8, 4) is 11.1 Å². The zero-order valence-electron chi connectivity index (χ0n) is 17.8. The van der Waals surface area contributed by atoms with Crippen LogP contribution >= 0.6 is 15.9 Å². The molecule has 0 bridgehead atoms. The number of pyridine rings is 1. The number of rotatable bonds is 2. The fraction of sp³-hybridized carbons (Fsp3) is 0.0345. The lowest BCUT2D eigenvalue weighted by atomic mass is 9.91. The van der Waals surface area contributed by atoms with Crippen molar-refractivity contribution >= 4 is 76.0 Å². The number of fused-ring (bicyclic) bond motifs is 6. The molecule has 0 aliphatic heterocycles. The maximum absolute atomic E-state index is 12.6. The van der Waals surface area contributed by atoms with Crippen molar-refractivity contribution in [2.45, 2.75) is 4.90 Å². The van der Waals surface area contributed by atoms with E-state index in [1.807, 2.05) is 18.2 Å². The SMILES string of the molecule is C[S+]([O-])c1ccccc1-c1ccc2ccc3c4cccc(Br)c4n4c5ccccc5c1c2c34. The Morgan fingerprint density at radius 2 is 1.39 bits per heavy atom. The summed E-state index contributed by atoms with van der Waals surface area (Å²) in [7, 11) is 0. The largest absolute Gasteiger partial charge is 0.612 e. The minimum atomic E-state index is -1.08. The van der Waals surface area contributed by atoms with E-state index in [0.717, 1.165) is 20.5 Å². The fourth-order valence-corrected chi connectivity index (χ4v) is 6.79. The van der Waals surface area contributed by atoms with E-state index < -0.39 is 11.2 Å². The maximum Gasteiger partial charge on any atom is 0.160 e. The summed E-state index contributed by atoms with van der Waals surface area (Å²) in [5.74, 6) is 0. The highest BCUT2D eigenvalue weighted by Gasteiger charge is 2.23. The van der Waals surface area contributed by atoms with Crippen molar-refractivity contribution < 1.29 is 4.55 Å². The van der Waals surface area contributed by atoms with E-state index in [4.69, 9.17) is 0 Å². The topological polar surface area (TPSA) is 27.5 Å². The third-order valence-corrected chi connectivity index (χ3v) is 8.40. The number of aromatic nitrogens is 1. The van der Waals surface area contributed by atoms with E-state index in [9.17, 15) is 4.55 Å². The molecule has 2 heterocycles. The van der Waals surface area contributed by atoms with Crippen LogP contribution < -0.4 is 0 Å². The molecule has 0 fully saturated rings. The smallest absolute Gasteiger partial charge is 0.160 e. The second-order valence-electron chi connectivity index (χ2n) is 8.49. The van der Waals surface area contributed by atoms with Gasteiger partial charge in [-0.05, 0) is 62.3 Å². The van der Waals surface area contributed by atoms with Crippen LogP contribution in [0.3, 0.4) is 0 Å². The molecule has 1 atom stereocenters. The van der Waals surface area contributed by atoms with Crippen molar-refractivity contribution in [2.24, 2.45) is 0 Å². The summed E-state index contributed by atoms with van der Waals surface area (Å²) in [6.45, 7) is 0. The zero-order valence-corrected chi connectivity index (χ0v) is 20.2. The number of halogens is 1. The first-order valence-corrected chi connectivity index (χ1v) is 13.2. The Labute approximate surface area is 202 Å². The van der Waals surface area contributed by atoms with Gasteiger partial charge in [0.1, 0.15) is 6.26 Å². The summed E-state index contributed by atoms with van der Waals surface area (Å²) in [5, 5.41) is 7.37. The van der Waals surface area contributed by atoms with E-state index >= 15 is 0 Å². The second kappa shape index (κ2) is 6.97. The van der Waals surface area contributed by atoms with Gasteiger partial charge in [0.25, 0.3) is 0 Å². The minimum Gasteiger partial charge on any atom is -0.612 e. The second-order valence-corrected chi connectivity index (χ2v) is 10.7. The van der Waals surface area contributed by atoms with Gasteiger partial charge in [-0.3, -0.25) is 0 Å². The van der Waals surface area contributed by atoms with Crippen LogP contribution in [0.15, 0.2) is 100 Å². The van der Waals surface area contributed by atoms with Crippen molar-refractivity contribution in [3.05, 3.63) is 95.5 Å². The molecule has 0 amide bonds. The molecule has 2 aromatic heterocycles. The van der Waals surface area contributed by atoms with E-state index in [1.165, 1.54) is 48.9 Å². The minimum absolute atomic E-state index is 0.867. The van der Waals surface area contributed by atoms with Crippen LogP contribution in [-0.2, 0) is 11.2 Å². The van der Waals surface area contributed by atoms with Crippen molar-refractivity contribution in [1.29, 1.82) is 0 Å². The monoisotopic (exact) mass is 507 g/mol. The van der Waals surface area contributed by atoms with Gasteiger partial charge < -0.3 is 8.95 Å². The lowest BCUT2D eigenvalue weighted by Gasteiger charge is -2.18. The molecule has 2 nitrogen and oxygen atoms in total. The number of hydrogen-bond donors (Lipinski definition) is 0. The predicted octanol–water partition coefficient (Wildman–Crippen LogP) is 8.16. The average molecular weight is 508 g/mol. The fourth-order valence-electron chi connectivity index (χ4n) is 5.49. The van der Waals surface area contributed by atoms with Crippen LogP contribution in [0.1, 0.15) is 0 Å². The summed E-state index contributed by atoms with van der Waals surface area (Å²) < 4.78 is 16.1.